The molecular weight excluding hydrogens is 320 g/mol. The normalized spacial score (nSPS) is 10.5. The number of benzene rings is 2. The van der Waals surface area contributed by atoms with Crippen molar-refractivity contribution in [2.45, 2.75) is 20.5 Å². The standard InChI is InChI=1S/C19H18N2O4/c1-12-8-9-16(23-3)15(10-12)19(22)24-11-17-20-18(21-25-17)14-7-5-4-6-13(14)2/h4-10H,11H2,1-3H3. The third-order valence-electron chi connectivity index (χ3n) is 3.76. The van der Waals surface area contributed by atoms with Gasteiger partial charge in [-0.25, -0.2) is 4.79 Å². The molecule has 0 aliphatic heterocycles. The highest BCUT2D eigenvalue weighted by Gasteiger charge is 2.16. The molecule has 0 atom stereocenters. The molecule has 6 heteroatoms. The molecule has 0 saturated heterocycles. The zero-order chi connectivity index (χ0) is 17.8. The summed E-state index contributed by atoms with van der Waals surface area (Å²) < 4.78 is 15.6. The number of aryl methyl sites for hydroxylation is 2. The first kappa shape index (κ1) is 16.7. The summed E-state index contributed by atoms with van der Waals surface area (Å²) in [6.07, 6.45) is 0. The van der Waals surface area contributed by atoms with Crippen molar-refractivity contribution < 1.29 is 18.8 Å². The second-order valence-corrected chi connectivity index (χ2v) is 5.61. The van der Waals surface area contributed by atoms with Gasteiger partial charge in [0.25, 0.3) is 5.89 Å². The minimum Gasteiger partial charge on any atom is -0.496 e. The molecule has 0 aliphatic rings. The van der Waals surface area contributed by atoms with Gasteiger partial charge in [0, 0.05) is 5.56 Å². The van der Waals surface area contributed by atoms with Crippen LogP contribution in [0.4, 0.5) is 0 Å². The van der Waals surface area contributed by atoms with Crippen LogP contribution < -0.4 is 4.74 Å². The molecule has 3 aromatic rings. The molecule has 0 spiro atoms. The number of aromatic nitrogens is 2. The summed E-state index contributed by atoms with van der Waals surface area (Å²) in [5.41, 5.74) is 3.22. The lowest BCUT2D eigenvalue weighted by molar-refractivity contribution is 0.0426. The molecule has 1 aromatic heterocycles. The van der Waals surface area contributed by atoms with Crippen molar-refractivity contribution in [1.82, 2.24) is 10.1 Å². The fraction of sp³-hybridized carbons (Fsp3) is 0.211. The molecule has 0 fully saturated rings. The number of hydrogen-bond donors (Lipinski definition) is 0. The van der Waals surface area contributed by atoms with Gasteiger partial charge in [-0.2, -0.15) is 4.98 Å². The summed E-state index contributed by atoms with van der Waals surface area (Å²) >= 11 is 0. The summed E-state index contributed by atoms with van der Waals surface area (Å²) in [5, 5.41) is 3.94. The molecule has 1 heterocycles. The number of nitrogens with zero attached hydrogens (tertiary/aromatic N) is 2. The number of rotatable bonds is 5. The minimum absolute atomic E-state index is 0.102. The van der Waals surface area contributed by atoms with Crippen LogP contribution in [0.2, 0.25) is 0 Å². The van der Waals surface area contributed by atoms with E-state index >= 15 is 0 Å². The van der Waals surface area contributed by atoms with Crippen molar-refractivity contribution >= 4 is 5.97 Å². The fourth-order valence-corrected chi connectivity index (χ4v) is 2.43. The molecule has 0 unspecified atom stereocenters. The van der Waals surface area contributed by atoms with Gasteiger partial charge in [0.15, 0.2) is 6.61 Å². The third kappa shape index (κ3) is 3.68. The Balaban J connectivity index is 1.72. The molecule has 128 valence electrons. The number of hydrogen-bond acceptors (Lipinski definition) is 6. The van der Waals surface area contributed by atoms with Crippen LogP contribution in [0.15, 0.2) is 47.0 Å². The molecule has 25 heavy (non-hydrogen) atoms. The first-order valence-electron chi connectivity index (χ1n) is 7.79. The van der Waals surface area contributed by atoms with Crippen LogP contribution in [0.25, 0.3) is 11.4 Å². The quantitative estimate of drug-likeness (QED) is 0.660. The maximum atomic E-state index is 12.3. The Morgan fingerprint density at radius 2 is 1.96 bits per heavy atom. The molecule has 0 radical (unpaired) electrons. The maximum Gasteiger partial charge on any atom is 0.342 e. The highest BCUT2D eigenvalue weighted by Crippen LogP contribution is 2.22. The second kappa shape index (κ2) is 7.17. The lowest BCUT2D eigenvalue weighted by Gasteiger charge is -2.08. The van der Waals surface area contributed by atoms with Gasteiger partial charge in [-0.1, -0.05) is 41.1 Å². The van der Waals surface area contributed by atoms with Crippen LogP contribution in [0.5, 0.6) is 5.75 Å². The van der Waals surface area contributed by atoms with Gasteiger partial charge in [0.05, 0.1) is 7.11 Å². The van der Waals surface area contributed by atoms with E-state index in [1.165, 1.54) is 7.11 Å². The van der Waals surface area contributed by atoms with Gasteiger partial charge >= 0.3 is 5.97 Å². The number of ether oxygens (including phenoxy) is 2. The van der Waals surface area contributed by atoms with Crippen LogP contribution >= 0.6 is 0 Å². The predicted octanol–water partition coefficient (Wildman–Crippen LogP) is 3.72. The van der Waals surface area contributed by atoms with E-state index in [0.29, 0.717) is 17.1 Å². The van der Waals surface area contributed by atoms with Crippen LogP contribution in [-0.4, -0.2) is 23.2 Å². The Bertz CT molecular complexity index is 902. The highest BCUT2D eigenvalue weighted by molar-refractivity contribution is 5.92. The Kier molecular flexibility index (Phi) is 4.79. The zero-order valence-electron chi connectivity index (χ0n) is 14.3. The predicted molar refractivity (Wildman–Crippen MR) is 91.3 cm³/mol. The molecule has 0 saturated carbocycles. The van der Waals surface area contributed by atoms with E-state index in [0.717, 1.165) is 16.7 Å². The lowest BCUT2D eigenvalue weighted by atomic mass is 10.1. The average molecular weight is 338 g/mol. The SMILES string of the molecule is COc1ccc(C)cc1C(=O)OCc1nc(-c2ccccc2C)no1. The van der Waals surface area contributed by atoms with Crippen molar-refractivity contribution in [3.05, 3.63) is 65.0 Å². The molecule has 0 aliphatic carbocycles. The van der Waals surface area contributed by atoms with E-state index in [4.69, 9.17) is 14.0 Å². The van der Waals surface area contributed by atoms with E-state index in [1.807, 2.05) is 44.2 Å². The largest absolute Gasteiger partial charge is 0.496 e. The number of esters is 1. The number of carbonyl (C=O) groups is 1. The van der Waals surface area contributed by atoms with Gasteiger partial charge in [-0.3, -0.25) is 0 Å². The number of carbonyl (C=O) groups excluding carboxylic acids is 1. The molecule has 2 aromatic carbocycles. The smallest absolute Gasteiger partial charge is 0.342 e. The van der Waals surface area contributed by atoms with Crippen molar-refractivity contribution in [3.63, 3.8) is 0 Å². The van der Waals surface area contributed by atoms with E-state index in [-0.39, 0.29) is 12.5 Å². The fourth-order valence-electron chi connectivity index (χ4n) is 2.43. The summed E-state index contributed by atoms with van der Waals surface area (Å²) in [6.45, 7) is 3.76. The Hall–Kier alpha value is -3.15. The van der Waals surface area contributed by atoms with Crippen molar-refractivity contribution in [2.75, 3.05) is 7.11 Å². The van der Waals surface area contributed by atoms with Gasteiger partial charge in [-0.05, 0) is 31.5 Å². The van der Waals surface area contributed by atoms with Crippen molar-refractivity contribution in [2.24, 2.45) is 0 Å². The summed E-state index contributed by atoms with van der Waals surface area (Å²) in [7, 11) is 1.51. The minimum atomic E-state index is -0.504. The highest BCUT2D eigenvalue weighted by atomic mass is 16.6. The molecule has 0 N–H and O–H groups in total. The van der Waals surface area contributed by atoms with E-state index in [9.17, 15) is 4.79 Å². The first-order valence-corrected chi connectivity index (χ1v) is 7.79. The third-order valence-corrected chi connectivity index (χ3v) is 3.76. The van der Waals surface area contributed by atoms with Gasteiger partial charge in [0.1, 0.15) is 11.3 Å². The van der Waals surface area contributed by atoms with Gasteiger partial charge in [-0.15, -0.1) is 0 Å². The molecular formula is C19H18N2O4. The van der Waals surface area contributed by atoms with E-state index < -0.39 is 5.97 Å². The topological polar surface area (TPSA) is 74.5 Å². The lowest BCUT2D eigenvalue weighted by Crippen LogP contribution is -2.07. The van der Waals surface area contributed by atoms with E-state index in [1.54, 1.807) is 12.1 Å². The number of methoxy groups -OCH3 is 1. The Labute approximate surface area is 145 Å². The zero-order valence-corrected chi connectivity index (χ0v) is 14.3. The van der Waals surface area contributed by atoms with Gasteiger partial charge < -0.3 is 14.0 Å². The summed E-state index contributed by atoms with van der Waals surface area (Å²) in [5.74, 6) is 0.661. The van der Waals surface area contributed by atoms with Crippen LogP contribution in [-0.2, 0) is 11.3 Å². The van der Waals surface area contributed by atoms with Crippen LogP contribution in [0.3, 0.4) is 0 Å². The molecule has 6 nitrogen and oxygen atoms in total. The average Bonchev–Trinajstić information content (AvgIpc) is 3.08. The second-order valence-electron chi connectivity index (χ2n) is 5.61. The molecule has 0 amide bonds. The van der Waals surface area contributed by atoms with Crippen LogP contribution in [0, 0.1) is 13.8 Å². The first-order chi connectivity index (χ1) is 12.1. The van der Waals surface area contributed by atoms with Crippen LogP contribution in [0.1, 0.15) is 27.4 Å². The maximum absolute atomic E-state index is 12.3. The van der Waals surface area contributed by atoms with Crippen molar-refractivity contribution in [1.29, 1.82) is 0 Å². The van der Waals surface area contributed by atoms with Crippen molar-refractivity contribution in [3.8, 4) is 17.1 Å². The summed E-state index contributed by atoms with van der Waals surface area (Å²) in [6, 6.07) is 13.0. The Morgan fingerprint density at radius 3 is 2.72 bits per heavy atom. The summed E-state index contributed by atoms with van der Waals surface area (Å²) in [4.78, 5) is 16.6. The molecule has 3 rings (SSSR count). The monoisotopic (exact) mass is 338 g/mol. The van der Waals surface area contributed by atoms with E-state index in [2.05, 4.69) is 10.1 Å². The Morgan fingerprint density at radius 1 is 1.16 bits per heavy atom. The molecule has 0 bridgehead atoms. The van der Waals surface area contributed by atoms with Gasteiger partial charge in [0.2, 0.25) is 5.82 Å².